The molecule has 0 radical (unpaired) electrons. The molecule has 2 heteroatoms. The Hall–Kier alpha value is -11.1. The van der Waals surface area contributed by atoms with Crippen molar-refractivity contribution in [2.45, 2.75) is 77.0 Å². The maximum atomic E-state index is 2.62. The second-order valence-electron chi connectivity index (χ2n) is 29.8. The molecule has 0 N–H and O–H groups in total. The van der Waals surface area contributed by atoms with Crippen LogP contribution in [0.3, 0.4) is 0 Å². The highest BCUT2D eigenvalue weighted by Gasteiger charge is 2.48. The molecule has 0 amide bonds. The average molecular weight is 1230 g/mol. The largest absolute Gasteiger partial charge is 0.309 e. The van der Waals surface area contributed by atoms with Gasteiger partial charge in [-0.25, -0.2) is 0 Å². The van der Waals surface area contributed by atoms with E-state index < -0.39 is 0 Å². The minimum Gasteiger partial charge on any atom is -0.309 e. The molecule has 96 heavy (non-hydrogen) atoms. The van der Waals surface area contributed by atoms with E-state index in [-0.39, 0.29) is 21.7 Å². The van der Waals surface area contributed by atoms with Crippen LogP contribution in [-0.2, 0) is 21.7 Å². The van der Waals surface area contributed by atoms with Crippen molar-refractivity contribution in [2.75, 3.05) is 9.80 Å². The number of anilines is 6. The van der Waals surface area contributed by atoms with Gasteiger partial charge >= 0.3 is 0 Å². The molecule has 0 unspecified atom stereocenters. The number of fused-ring (bicyclic) bond motifs is 12. The monoisotopic (exact) mass is 1230 g/mol. The third-order valence-electron chi connectivity index (χ3n) is 22.9. The second kappa shape index (κ2) is 20.2. The van der Waals surface area contributed by atoms with E-state index in [1.807, 2.05) is 0 Å². The van der Waals surface area contributed by atoms with Gasteiger partial charge in [-0.15, -0.1) is 0 Å². The van der Waals surface area contributed by atoms with Gasteiger partial charge in [0.1, 0.15) is 0 Å². The van der Waals surface area contributed by atoms with Crippen LogP contribution < -0.4 is 9.80 Å². The molecule has 0 aromatic heterocycles. The van der Waals surface area contributed by atoms with Crippen LogP contribution in [0.2, 0.25) is 0 Å². The minimum absolute atomic E-state index is 0.348. The standard InChI is InChI=1S/C94H72N2/c1-91(2)77-49-71(67-33-29-57-17-9-13-21-63(57)45-67)37-41-85(77)95-86-42-38-72(68-34-30-58-18-10-14-22-64(58)46-68)50-78(86)92(3,4)82-54-75(53-81(91)89(82)95)61-25-27-62(28-26-61)76-55-83-90-84(56-76)94(7,8)80-52-74(70-36-32-60-20-12-16-24-66(60)48-70)40-44-88(80)96(90)87-43-39-73(51-79(87)93(83,5)6)69-35-31-59-19-11-15-23-65(59)47-69/h9-56H,1-8H3. The lowest BCUT2D eigenvalue weighted by Gasteiger charge is -2.50. The fraction of sp³-hybridized carbons (Fsp3) is 0.128. The van der Waals surface area contributed by atoms with Crippen molar-refractivity contribution >= 4 is 77.2 Å². The van der Waals surface area contributed by atoms with Crippen LogP contribution in [0, 0.1) is 0 Å². The molecule has 458 valence electrons. The van der Waals surface area contributed by atoms with E-state index in [9.17, 15) is 0 Å². The molecular formula is C94H72N2. The van der Waals surface area contributed by atoms with Gasteiger partial charge in [0, 0.05) is 21.7 Å². The zero-order valence-corrected chi connectivity index (χ0v) is 55.6. The first-order valence-corrected chi connectivity index (χ1v) is 34.2. The summed E-state index contributed by atoms with van der Waals surface area (Å²) in [5.41, 5.74) is 31.6. The molecule has 19 rings (SSSR count). The summed E-state index contributed by atoms with van der Waals surface area (Å²) < 4.78 is 0. The van der Waals surface area contributed by atoms with E-state index in [4.69, 9.17) is 0 Å². The van der Waals surface area contributed by atoms with Crippen molar-refractivity contribution in [1.29, 1.82) is 0 Å². The first-order valence-electron chi connectivity index (χ1n) is 34.2. The predicted octanol–water partition coefficient (Wildman–Crippen LogP) is 25.8. The predicted molar refractivity (Wildman–Crippen MR) is 407 cm³/mol. The summed E-state index contributed by atoms with van der Waals surface area (Å²) in [5.74, 6) is 0. The van der Waals surface area contributed by atoms with Crippen LogP contribution in [0.5, 0.6) is 0 Å². The van der Waals surface area contributed by atoms with Gasteiger partial charge in [-0.2, -0.15) is 0 Å². The molecule has 4 heterocycles. The Labute approximate surface area is 563 Å². The number of rotatable bonds is 6. The molecule has 0 saturated carbocycles. The number of nitrogens with zero attached hydrogens (tertiary/aromatic N) is 2. The van der Waals surface area contributed by atoms with Crippen molar-refractivity contribution in [3.05, 3.63) is 336 Å². The smallest absolute Gasteiger partial charge is 0.0544 e. The molecule has 4 aliphatic heterocycles. The zero-order chi connectivity index (χ0) is 64.7. The van der Waals surface area contributed by atoms with Gasteiger partial charge in [-0.3, -0.25) is 0 Å². The van der Waals surface area contributed by atoms with Crippen molar-refractivity contribution in [3.63, 3.8) is 0 Å². The highest BCUT2D eigenvalue weighted by molar-refractivity contribution is 6.00. The molecule has 15 aromatic carbocycles. The van der Waals surface area contributed by atoms with Crippen molar-refractivity contribution < 1.29 is 0 Å². The van der Waals surface area contributed by atoms with Crippen LogP contribution >= 0.6 is 0 Å². The third kappa shape index (κ3) is 8.31. The fourth-order valence-corrected chi connectivity index (χ4v) is 17.3. The van der Waals surface area contributed by atoms with Gasteiger partial charge in [0.05, 0.1) is 34.1 Å². The molecule has 0 saturated heterocycles. The SMILES string of the molecule is CC1(C)c2cc(-c3ccc4ccccc4c3)ccc2N2c3ccc(-c4ccc5ccccc5c4)cc3C(C)(C)c3cc(-c4ccc(-c5cc6c7c(c5)C(C)(C)c5cc(-c8ccc9ccccc9c8)ccc5N7c5ccc(-c7ccc8ccccc8c7)cc5C6(C)C)cc4)cc1c32. The minimum atomic E-state index is -0.348. The summed E-state index contributed by atoms with van der Waals surface area (Å²) in [4.78, 5) is 5.23. The summed E-state index contributed by atoms with van der Waals surface area (Å²) >= 11 is 0. The Morgan fingerprint density at radius 3 is 0.594 bits per heavy atom. The van der Waals surface area contributed by atoms with E-state index >= 15 is 0 Å². The van der Waals surface area contributed by atoms with Crippen molar-refractivity contribution in [3.8, 4) is 66.8 Å². The normalized spacial score (nSPS) is 15.4. The van der Waals surface area contributed by atoms with Crippen LogP contribution in [0.25, 0.3) is 110 Å². The van der Waals surface area contributed by atoms with Gasteiger partial charge < -0.3 is 9.80 Å². The maximum Gasteiger partial charge on any atom is 0.0544 e. The lowest BCUT2D eigenvalue weighted by Crippen LogP contribution is -2.38. The van der Waals surface area contributed by atoms with Crippen LogP contribution in [0.4, 0.5) is 34.1 Å². The average Bonchev–Trinajstić information content (AvgIpc) is 0.692. The van der Waals surface area contributed by atoms with Gasteiger partial charge in [0.2, 0.25) is 0 Å². The molecule has 0 aliphatic carbocycles. The zero-order valence-electron chi connectivity index (χ0n) is 55.6. The maximum absolute atomic E-state index is 2.62. The molecule has 0 fully saturated rings. The number of benzene rings is 15. The van der Waals surface area contributed by atoms with Crippen LogP contribution in [0.1, 0.15) is 99.9 Å². The summed E-state index contributed by atoms with van der Waals surface area (Å²) in [6.45, 7) is 19.7. The molecule has 0 bridgehead atoms. The summed E-state index contributed by atoms with van der Waals surface area (Å²) in [6.07, 6.45) is 0. The highest BCUT2D eigenvalue weighted by atomic mass is 15.2. The quantitative estimate of drug-likeness (QED) is 0.164. The molecule has 0 spiro atoms. The first kappa shape index (κ1) is 56.5. The Morgan fingerprint density at radius 2 is 0.354 bits per heavy atom. The topological polar surface area (TPSA) is 6.48 Å². The van der Waals surface area contributed by atoms with E-state index in [0.29, 0.717) is 0 Å². The first-order chi connectivity index (χ1) is 46.5. The Morgan fingerprint density at radius 1 is 0.167 bits per heavy atom. The fourth-order valence-electron chi connectivity index (χ4n) is 17.3. The lowest BCUT2D eigenvalue weighted by molar-refractivity contribution is 0.597. The van der Waals surface area contributed by atoms with Crippen LogP contribution in [0.15, 0.2) is 291 Å². The molecule has 4 aliphatic rings. The van der Waals surface area contributed by atoms with Crippen LogP contribution in [-0.4, -0.2) is 0 Å². The molecule has 15 aromatic rings. The van der Waals surface area contributed by atoms with Crippen molar-refractivity contribution in [2.24, 2.45) is 0 Å². The summed E-state index contributed by atoms with van der Waals surface area (Å²) in [6, 6.07) is 111. The van der Waals surface area contributed by atoms with Gasteiger partial charge in [-0.1, -0.05) is 250 Å². The van der Waals surface area contributed by atoms with Crippen molar-refractivity contribution in [1.82, 2.24) is 0 Å². The highest BCUT2D eigenvalue weighted by Crippen LogP contribution is 2.64. The Balaban J connectivity index is 0.763. The molecular weight excluding hydrogens is 1160 g/mol. The lowest BCUT2D eigenvalue weighted by atomic mass is 9.65. The van der Waals surface area contributed by atoms with Gasteiger partial charge in [-0.05, 0) is 251 Å². The van der Waals surface area contributed by atoms with E-state index in [1.165, 1.54) is 188 Å². The second-order valence-corrected chi connectivity index (χ2v) is 29.8. The van der Waals surface area contributed by atoms with E-state index in [2.05, 4.69) is 356 Å². The Kier molecular flexibility index (Phi) is 11.9. The molecule has 0 atom stereocenters. The summed E-state index contributed by atoms with van der Waals surface area (Å²) in [7, 11) is 0. The number of hydrogen-bond donors (Lipinski definition) is 0. The van der Waals surface area contributed by atoms with Gasteiger partial charge in [0.15, 0.2) is 0 Å². The van der Waals surface area contributed by atoms with Gasteiger partial charge in [0.25, 0.3) is 0 Å². The third-order valence-corrected chi connectivity index (χ3v) is 22.9. The summed E-state index contributed by atoms with van der Waals surface area (Å²) in [5, 5.41) is 10.0. The molecule has 2 nitrogen and oxygen atoms in total. The Bertz CT molecular complexity index is 5160. The van der Waals surface area contributed by atoms with E-state index in [1.54, 1.807) is 0 Å². The number of hydrogen-bond acceptors (Lipinski definition) is 2. The van der Waals surface area contributed by atoms with E-state index in [0.717, 1.165) is 0 Å².